The van der Waals surface area contributed by atoms with Crippen molar-refractivity contribution in [3.63, 3.8) is 0 Å². The number of rotatable bonds is 5. The third-order valence-electron chi connectivity index (χ3n) is 4.85. The summed E-state index contributed by atoms with van der Waals surface area (Å²) in [6.07, 6.45) is 5.31. The molecule has 0 bridgehead atoms. The predicted molar refractivity (Wildman–Crippen MR) is 104 cm³/mol. The van der Waals surface area contributed by atoms with Crippen molar-refractivity contribution in [3.8, 4) is 0 Å². The topological polar surface area (TPSA) is 85.9 Å². The number of benzene rings is 1. The fourth-order valence-corrected chi connectivity index (χ4v) is 2.95. The van der Waals surface area contributed by atoms with Crippen LogP contribution in [0.4, 0.5) is 23.0 Å². The molecule has 1 aliphatic carbocycles. The van der Waals surface area contributed by atoms with Crippen molar-refractivity contribution < 1.29 is 4.79 Å². The van der Waals surface area contributed by atoms with Gasteiger partial charge in [0.05, 0.1) is 11.8 Å². The van der Waals surface area contributed by atoms with Crippen LogP contribution >= 0.6 is 0 Å². The van der Waals surface area contributed by atoms with Crippen molar-refractivity contribution in [2.24, 2.45) is 0 Å². The molecule has 4 rings (SSSR count). The van der Waals surface area contributed by atoms with Crippen LogP contribution < -0.4 is 15.5 Å². The number of nitrogens with one attached hydrogen (secondary N) is 3. The van der Waals surface area contributed by atoms with Crippen LogP contribution in [-0.4, -0.2) is 33.9 Å². The molecule has 1 aliphatic rings. The van der Waals surface area contributed by atoms with E-state index in [-0.39, 0.29) is 5.91 Å². The molecule has 0 radical (unpaired) electrons. The molecule has 134 valence electrons. The summed E-state index contributed by atoms with van der Waals surface area (Å²) in [7, 11) is 1.76. The SMILES string of the molecule is CC(=O)N(C)c1ccc(Nc2cc3[nH]cnc3c(NC3CCC3)n2)cc1. The standard InChI is InChI=1S/C19H22N6O/c1-12(26)25(2)15-8-6-14(7-9-15)22-17-10-16-18(21-11-20-16)19(24-17)23-13-4-3-5-13/h6-11,13H,3-5H2,1-2H3,(H,20,21)(H2,22,23,24). The Morgan fingerprint density at radius 2 is 2.04 bits per heavy atom. The minimum absolute atomic E-state index is 0.00350. The number of imidazole rings is 1. The number of carbonyl (C=O) groups excluding carboxylic acids is 1. The molecule has 1 saturated carbocycles. The minimum atomic E-state index is 0.00350. The minimum Gasteiger partial charge on any atom is -0.365 e. The molecule has 7 nitrogen and oxygen atoms in total. The van der Waals surface area contributed by atoms with Gasteiger partial charge in [-0.1, -0.05) is 0 Å². The average Bonchev–Trinajstić information content (AvgIpc) is 3.06. The Morgan fingerprint density at radius 3 is 2.69 bits per heavy atom. The quantitative estimate of drug-likeness (QED) is 0.654. The van der Waals surface area contributed by atoms with E-state index in [1.807, 2.05) is 30.3 Å². The van der Waals surface area contributed by atoms with Gasteiger partial charge in [0.2, 0.25) is 5.91 Å². The van der Waals surface area contributed by atoms with Gasteiger partial charge in [0.15, 0.2) is 5.82 Å². The lowest BCUT2D eigenvalue weighted by Crippen LogP contribution is -2.27. The van der Waals surface area contributed by atoms with Gasteiger partial charge < -0.3 is 20.5 Å². The first kappa shape index (κ1) is 16.4. The summed E-state index contributed by atoms with van der Waals surface area (Å²) in [6.45, 7) is 1.55. The summed E-state index contributed by atoms with van der Waals surface area (Å²) in [4.78, 5) is 25.3. The van der Waals surface area contributed by atoms with E-state index in [4.69, 9.17) is 4.98 Å². The fraction of sp³-hybridized carbons (Fsp3) is 0.316. The van der Waals surface area contributed by atoms with Crippen LogP contribution in [0, 0.1) is 0 Å². The third-order valence-corrected chi connectivity index (χ3v) is 4.85. The normalized spacial score (nSPS) is 14.1. The lowest BCUT2D eigenvalue weighted by Gasteiger charge is -2.27. The van der Waals surface area contributed by atoms with Crippen molar-refractivity contribution in [1.82, 2.24) is 15.0 Å². The second-order valence-electron chi connectivity index (χ2n) is 6.68. The molecule has 3 aromatic rings. The Hall–Kier alpha value is -3.09. The summed E-state index contributed by atoms with van der Waals surface area (Å²) >= 11 is 0. The first-order valence-electron chi connectivity index (χ1n) is 8.82. The highest BCUT2D eigenvalue weighted by atomic mass is 16.2. The fourth-order valence-electron chi connectivity index (χ4n) is 2.95. The summed E-state index contributed by atoms with van der Waals surface area (Å²) < 4.78 is 0. The van der Waals surface area contributed by atoms with Gasteiger partial charge in [-0.2, -0.15) is 0 Å². The van der Waals surface area contributed by atoms with Crippen LogP contribution in [0.3, 0.4) is 0 Å². The van der Waals surface area contributed by atoms with E-state index >= 15 is 0 Å². The summed E-state index contributed by atoms with van der Waals surface area (Å²) in [6, 6.07) is 10.1. The molecule has 3 N–H and O–H groups in total. The molecule has 1 aromatic carbocycles. The van der Waals surface area contributed by atoms with Crippen LogP contribution in [0.5, 0.6) is 0 Å². The van der Waals surface area contributed by atoms with Gasteiger partial charge in [-0.15, -0.1) is 0 Å². The van der Waals surface area contributed by atoms with Crippen molar-refractivity contribution in [2.75, 3.05) is 22.6 Å². The molecule has 0 unspecified atom stereocenters. The van der Waals surface area contributed by atoms with Crippen molar-refractivity contribution >= 4 is 40.0 Å². The number of hydrogen-bond donors (Lipinski definition) is 3. The second kappa shape index (κ2) is 6.67. The van der Waals surface area contributed by atoms with Gasteiger partial charge in [0.1, 0.15) is 11.3 Å². The molecule has 1 fully saturated rings. The van der Waals surface area contributed by atoms with E-state index in [2.05, 4.69) is 20.6 Å². The van der Waals surface area contributed by atoms with Crippen LogP contribution in [0.1, 0.15) is 26.2 Å². The van der Waals surface area contributed by atoms with Gasteiger partial charge in [-0.05, 0) is 43.5 Å². The Bertz CT molecular complexity index is 929. The van der Waals surface area contributed by atoms with Gasteiger partial charge in [0, 0.05) is 37.5 Å². The molecule has 2 aromatic heterocycles. The van der Waals surface area contributed by atoms with Crippen LogP contribution in [0.25, 0.3) is 11.0 Å². The largest absolute Gasteiger partial charge is 0.365 e. The van der Waals surface area contributed by atoms with E-state index in [9.17, 15) is 4.79 Å². The summed E-state index contributed by atoms with van der Waals surface area (Å²) in [5.74, 6) is 1.56. The van der Waals surface area contributed by atoms with Crippen LogP contribution in [0.2, 0.25) is 0 Å². The van der Waals surface area contributed by atoms with Gasteiger partial charge in [0.25, 0.3) is 0 Å². The number of pyridine rings is 1. The highest BCUT2D eigenvalue weighted by Gasteiger charge is 2.19. The number of H-pyrrole nitrogens is 1. The number of carbonyl (C=O) groups is 1. The number of hydrogen-bond acceptors (Lipinski definition) is 5. The van der Waals surface area contributed by atoms with E-state index in [1.54, 1.807) is 25.2 Å². The molecule has 26 heavy (non-hydrogen) atoms. The van der Waals surface area contributed by atoms with Gasteiger partial charge >= 0.3 is 0 Å². The number of aromatic nitrogens is 3. The first-order valence-corrected chi connectivity index (χ1v) is 8.82. The van der Waals surface area contributed by atoms with Crippen molar-refractivity contribution in [1.29, 1.82) is 0 Å². The Morgan fingerprint density at radius 1 is 1.27 bits per heavy atom. The van der Waals surface area contributed by atoms with E-state index < -0.39 is 0 Å². The van der Waals surface area contributed by atoms with E-state index in [1.165, 1.54) is 19.3 Å². The van der Waals surface area contributed by atoms with Crippen molar-refractivity contribution in [3.05, 3.63) is 36.7 Å². The Labute approximate surface area is 151 Å². The number of aromatic amines is 1. The molecule has 0 spiro atoms. The Balaban J connectivity index is 1.57. The predicted octanol–water partition coefficient (Wildman–Crippen LogP) is 3.65. The van der Waals surface area contributed by atoms with Crippen LogP contribution in [-0.2, 0) is 4.79 Å². The maximum atomic E-state index is 11.5. The third kappa shape index (κ3) is 3.20. The first-order chi connectivity index (χ1) is 12.6. The van der Waals surface area contributed by atoms with Gasteiger partial charge in [-0.25, -0.2) is 9.97 Å². The summed E-state index contributed by atoms with van der Waals surface area (Å²) in [5, 5.41) is 6.82. The number of fused-ring (bicyclic) bond motifs is 1. The Kier molecular flexibility index (Phi) is 4.20. The average molecular weight is 350 g/mol. The highest BCUT2D eigenvalue weighted by Crippen LogP contribution is 2.29. The second-order valence-corrected chi connectivity index (χ2v) is 6.68. The summed E-state index contributed by atoms with van der Waals surface area (Å²) in [5.41, 5.74) is 3.57. The smallest absolute Gasteiger partial charge is 0.223 e. The highest BCUT2D eigenvalue weighted by molar-refractivity contribution is 5.91. The molecule has 2 heterocycles. The zero-order chi connectivity index (χ0) is 18.1. The molecular weight excluding hydrogens is 328 g/mol. The molecule has 0 saturated heterocycles. The molecular formula is C19H22N6O. The number of nitrogens with zero attached hydrogens (tertiary/aromatic N) is 3. The maximum absolute atomic E-state index is 11.5. The van der Waals surface area contributed by atoms with Gasteiger partial charge in [-0.3, -0.25) is 4.79 Å². The molecule has 7 heteroatoms. The van der Waals surface area contributed by atoms with E-state index in [0.717, 1.165) is 34.0 Å². The number of amides is 1. The molecule has 1 amide bonds. The lowest BCUT2D eigenvalue weighted by molar-refractivity contribution is -0.116. The monoisotopic (exact) mass is 350 g/mol. The van der Waals surface area contributed by atoms with Crippen LogP contribution in [0.15, 0.2) is 36.7 Å². The lowest BCUT2D eigenvalue weighted by atomic mass is 9.93. The molecule has 0 aliphatic heterocycles. The molecule has 0 atom stereocenters. The zero-order valence-corrected chi connectivity index (χ0v) is 14.9. The van der Waals surface area contributed by atoms with Crippen molar-refractivity contribution in [2.45, 2.75) is 32.2 Å². The van der Waals surface area contributed by atoms with E-state index in [0.29, 0.717) is 6.04 Å². The number of anilines is 4. The maximum Gasteiger partial charge on any atom is 0.223 e. The zero-order valence-electron chi connectivity index (χ0n) is 14.9.